The van der Waals surface area contributed by atoms with Gasteiger partial charge in [0, 0.05) is 35.5 Å². The molecule has 2 fully saturated rings. The molecular weight excluding hydrogens is 236 g/mol. The van der Waals surface area contributed by atoms with Gasteiger partial charge < -0.3 is 0 Å². The summed E-state index contributed by atoms with van der Waals surface area (Å²) in [6.45, 7) is 2.23. The first-order chi connectivity index (χ1) is 6.81. The van der Waals surface area contributed by atoms with Crippen LogP contribution in [0.15, 0.2) is 5.38 Å². The number of nitrogens with zero attached hydrogens (tertiary/aromatic N) is 2. The Bertz CT molecular complexity index is 341. The standard InChI is InChI=1S/C9H11ClN2S2/c10-9-11-6(4-14-9)2-12-3-8-1-7(12)5-13-8/h4,7-8H,1-3,5H2. The van der Waals surface area contributed by atoms with E-state index in [1.165, 1.54) is 30.1 Å². The Labute approximate surface area is 96.7 Å². The lowest BCUT2D eigenvalue weighted by atomic mass is 10.2. The molecule has 2 unspecified atom stereocenters. The highest BCUT2D eigenvalue weighted by atomic mass is 35.5. The third kappa shape index (κ3) is 1.69. The number of halogens is 1. The van der Waals surface area contributed by atoms with E-state index < -0.39 is 0 Å². The van der Waals surface area contributed by atoms with E-state index >= 15 is 0 Å². The van der Waals surface area contributed by atoms with Crippen LogP contribution in [0.5, 0.6) is 0 Å². The van der Waals surface area contributed by atoms with Gasteiger partial charge in [-0.2, -0.15) is 11.8 Å². The number of hydrogen-bond donors (Lipinski definition) is 0. The quantitative estimate of drug-likeness (QED) is 0.798. The summed E-state index contributed by atoms with van der Waals surface area (Å²) in [6.07, 6.45) is 1.38. The van der Waals surface area contributed by atoms with Crippen LogP contribution in [0, 0.1) is 0 Å². The predicted molar refractivity (Wildman–Crippen MR) is 62.2 cm³/mol. The van der Waals surface area contributed by atoms with Crippen molar-refractivity contribution in [3.63, 3.8) is 0 Å². The minimum Gasteiger partial charge on any atom is -0.293 e. The molecule has 2 saturated heterocycles. The Morgan fingerprint density at radius 2 is 2.57 bits per heavy atom. The minimum absolute atomic E-state index is 0.665. The van der Waals surface area contributed by atoms with Crippen molar-refractivity contribution < 1.29 is 0 Å². The molecule has 3 rings (SSSR count). The molecule has 2 aliphatic heterocycles. The van der Waals surface area contributed by atoms with Crippen LogP contribution < -0.4 is 0 Å². The number of hydrogen-bond acceptors (Lipinski definition) is 4. The van der Waals surface area contributed by atoms with Crippen molar-refractivity contribution in [2.45, 2.75) is 24.3 Å². The summed E-state index contributed by atoms with van der Waals surface area (Å²) < 4.78 is 0.665. The molecule has 0 radical (unpaired) electrons. The highest BCUT2D eigenvalue weighted by Crippen LogP contribution is 2.38. The lowest BCUT2D eigenvalue weighted by molar-refractivity contribution is 0.258. The Morgan fingerprint density at radius 3 is 3.14 bits per heavy atom. The van der Waals surface area contributed by atoms with Gasteiger partial charge in [0.1, 0.15) is 0 Å². The third-order valence-corrected chi connectivity index (χ3v) is 5.32. The highest BCUT2D eigenvalue weighted by molar-refractivity contribution is 8.00. The van der Waals surface area contributed by atoms with Crippen molar-refractivity contribution in [1.29, 1.82) is 0 Å². The van der Waals surface area contributed by atoms with Crippen molar-refractivity contribution in [2.75, 3.05) is 12.3 Å². The fraction of sp³-hybridized carbons (Fsp3) is 0.667. The Morgan fingerprint density at radius 1 is 1.64 bits per heavy atom. The largest absolute Gasteiger partial charge is 0.293 e. The van der Waals surface area contributed by atoms with E-state index in [1.54, 1.807) is 0 Å². The van der Waals surface area contributed by atoms with E-state index in [0.29, 0.717) is 4.47 Å². The number of thioether (sulfide) groups is 1. The van der Waals surface area contributed by atoms with E-state index in [-0.39, 0.29) is 0 Å². The molecule has 0 amide bonds. The van der Waals surface area contributed by atoms with Gasteiger partial charge >= 0.3 is 0 Å². The molecule has 0 aliphatic carbocycles. The molecule has 0 N–H and O–H groups in total. The number of thiazole rings is 1. The van der Waals surface area contributed by atoms with Crippen LogP contribution in [0.1, 0.15) is 12.1 Å². The number of fused-ring (bicyclic) bond motifs is 2. The fourth-order valence-corrected chi connectivity index (χ4v) is 4.50. The average molecular weight is 247 g/mol. The van der Waals surface area contributed by atoms with Crippen molar-refractivity contribution in [2.24, 2.45) is 0 Å². The first-order valence-electron chi connectivity index (χ1n) is 4.77. The normalized spacial score (nSPS) is 31.5. The van der Waals surface area contributed by atoms with Crippen LogP contribution in [0.3, 0.4) is 0 Å². The average Bonchev–Trinajstić information content (AvgIpc) is 2.82. The first kappa shape index (κ1) is 9.46. The van der Waals surface area contributed by atoms with Gasteiger partial charge in [0.2, 0.25) is 0 Å². The maximum Gasteiger partial charge on any atom is 0.183 e. The smallest absolute Gasteiger partial charge is 0.183 e. The van der Waals surface area contributed by atoms with Gasteiger partial charge in [0.15, 0.2) is 4.47 Å². The van der Waals surface area contributed by atoms with E-state index in [2.05, 4.69) is 27.0 Å². The van der Waals surface area contributed by atoms with Gasteiger partial charge in [-0.05, 0) is 6.42 Å². The van der Waals surface area contributed by atoms with Crippen molar-refractivity contribution in [3.8, 4) is 0 Å². The fourth-order valence-electron chi connectivity index (χ4n) is 2.24. The molecule has 0 spiro atoms. The molecule has 1 aromatic heterocycles. The summed E-state index contributed by atoms with van der Waals surface area (Å²) in [7, 11) is 0. The molecule has 1 aromatic rings. The van der Waals surface area contributed by atoms with Crippen LogP contribution in [0.4, 0.5) is 0 Å². The molecule has 5 heteroatoms. The lowest BCUT2D eigenvalue weighted by Gasteiger charge is -2.25. The predicted octanol–water partition coefficient (Wildman–Crippen LogP) is 2.49. The molecule has 2 aliphatic rings. The van der Waals surface area contributed by atoms with Gasteiger partial charge in [-0.3, -0.25) is 4.90 Å². The Balaban J connectivity index is 1.68. The van der Waals surface area contributed by atoms with Crippen molar-refractivity contribution in [1.82, 2.24) is 9.88 Å². The summed E-state index contributed by atoms with van der Waals surface area (Å²) in [4.78, 5) is 6.84. The number of rotatable bonds is 2. The molecule has 0 saturated carbocycles. The molecule has 2 bridgehead atoms. The minimum atomic E-state index is 0.665. The van der Waals surface area contributed by atoms with Gasteiger partial charge in [-0.1, -0.05) is 11.6 Å². The van der Waals surface area contributed by atoms with E-state index in [1.807, 2.05) is 0 Å². The van der Waals surface area contributed by atoms with Crippen LogP contribution in [-0.2, 0) is 6.54 Å². The summed E-state index contributed by atoms with van der Waals surface area (Å²) in [5, 5.41) is 2.95. The van der Waals surface area contributed by atoms with Gasteiger partial charge in [0.25, 0.3) is 0 Å². The van der Waals surface area contributed by atoms with E-state index in [4.69, 9.17) is 11.6 Å². The second kappa shape index (κ2) is 3.67. The summed E-state index contributed by atoms with van der Waals surface area (Å²) in [5.41, 5.74) is 1.14. The molecule has 2 nitrogen and oxygen atoms in total. The topological polar surface area (TPSA) is 16.1 Å². The highest BCUT2D eigenvalue weighted by Gasteiger charge is 2.38. The van der Waals surface area contributed by atoms with Crippen molar-refractivity contribution in [3.05, 3.63) is 15.5 Å². The second-order valence-corrected chi connectivity index (χ2v) is 6.64. The van der Waals surface area contributed by atoms with Crippen LogP contribution in [0.25, 0.3) is 0 Å². The lowest BCUT2D eigenvalue weighted by Crippen LogP contribution is -2.33. The zero-order valence-corrected chi connectivity index (χ0v) is 10.0. The van der Waals surface area contributed by atoms with Crippen LogP contribution >= 0.6 is 34.7 Å². The van der Waals surface area contributed by atoms with Gasteiger partial charge in [0.05, 0.1) is 5.69 Å². The molecule has 2 atom stereocenters. The maximum absolute atomic E-state index is 5.81. The Kier molecular flexibility index (Phi) is 2.48. The number of aromatic nitrogens is 1. The molecule has 76 valence electrons. The van der Waals surface area contributed by atoms with Crippen LogP contribution in [0.2, 0.25) is 4.47 Å². The van der Waals surface area contributed by atoms with Gasteiger partial charge in [-0.15, -0.1) is 11.3 Å². The zero-order chi connectivity index (χ0) is 9.54. The monoisotopic (exact) mass is 246 g/mol. The second-order valence-electron chi connectivity index (χ2n) is 3.87. The Hall–Kier alpha value is 0.230. The zero-order valence-electron chi connectivity index (χ0n) is 7.65. The molecule has 3 heterocycles. The van der Waals surface area contributed by atoms with Crippen molar-refractivity contribution >= 4 is 34.7 Å². The molecule has 0 aromatic carbocycles. The summed E-state index contributed by atoms with van der Waals surface area (Å²) in [6, 6.07) is 0.797. The molecule has 14 heavy (non-hydrogen) atoms. The van der Waals surface area contributed by atoms with Crippen LogP contribution in [-0.4, -0.2) is 33.5 Å². The van der Waals surface area contributed by atoms with Gasteiger partial charge in [-0.25, -0.2) is 4.98 Å². The summed E-state index contributed by atoms with van der Waals surface area (Å²) >= 11 is 9.47. The van der Waals surface area contributed by atoms with E-state index in [9.17, 15) is 0 Å². The number of likely N-dealkylation sites (tertiary alicyclic amines) is 1. The summed E-state index contributed by atoms with van der Waals surface area (Å²) in [5.74, 6) is 1.31. The first-order valence-corrected chi connectivity index (χ1v) is 7.07. The SMILES string of the molecule is Clc1nc(CN2CC3CC2CS3)cs1. The third-order valence-electron chi connectivity index (χ3n) is 2.90. The molecular formula is C9H11ClN2S2. The van der Waals surface area contributed by atoms with E-state index in [0.717, 1.165) is 23.5 Å². The maximum atomic E-state index is 5.81.